The number of methoxy groups -OCH3 is 2. The Hall–Kier alpha value is -2.74. The standard InChI is InChI=1S/C21H28N2O5S/c1-15-8-7-9-18(16(15)2)23(29(6,25)26)14-21(24)22(3)13-17-10-11-19(27-4)20(12-17)28-5/h7-12H,13-14H2,1-6H3. The van der Waals surface area contributed by atoms with Gasteiger partial charge >= 0.3 is 0 Å². The van der Waals surface area contributed by atoms with Crippen molar-refractivity contribution in [1.29, 1.82) is 0 Å². The molecule has 0 fully saturated rings. The summed E-state index contributed by atoms with van der Waals surface area (Å²) in [7, 11) is 1.11. The second kappa shape index (κ2) is 9.17. The van der Waals surface area contributed by atoms with Gasteiger partial charge in [-0.15, -0.1) is 0 Å². The molecule has 2 aromatic carbocycles. The lowest BCUT2D eigenvalue weighted by Gasteiger charge is -2.27. The van der Waals surface area contributed by atoms with Crippen molar-refractivity contribution < 1.29 is 22.7 Å². The van der Waals surface area contributed by atoms with Gasteiger partial charge in [0.05, 0.1) is 26.2 Å². The van der Waals surface area contributed by atoms with E-state index >= 15 is 0 Å². The van der Waals surface area contributed by atoms with Crippen LogP contribution >= 0.6 is 0 Å². The predicted molar refractivity (Wildman–Crippen MR) is 114 cm³/mol. The second-order valence-corrected chi connectivity index (χ2v) is 8.83. The fourth-order valence-corrected chi connectivity index (χ4v) is 3.87. The van der Waals surface area contributed by atoms with Crippen molar-refractivity contribution in [3.8, 4) is 11.5 Å². The monoisotopic (exact) mass is 420 g/mol. The first kappa shape index (κ1) is 22.5. The van der Waals surface area contributed by atoms with Gasteiger partial charge in [-0.3, -0.25) is 9.10 Å². The lowest BCUT2D eigenvalue weighted by Crippen LogP contribution is -2.41. The van der Waals surface area contributed by atoms with Crippen molar-refractivity contribution in [2.75, 3.05) is 38.4 Å². The highest BCUT2D eigenvalue weighted by Crippen LogP contribution is 2.28. The van der Waals surface area contributed by atoms with Crippen LogP contribution in [0.25, 0.3) is 0 Å². The summed E-state index contributed by atoms with van der Waals surface area (Å²) in [5.41, 5.74) is 3.15. The Bertz CT molecular complexity index is 989. The van der Waals surface area contributed by atoms with Crippen molar-refractivity contribution in [2.45, 2.75) is 20.4 Å². The molecular formula is C21H28N2O5S. The zero-order valence-corrected chi connectivity index (χ0v) is 18.5. The SMILES string of the molecule is COc1ccc(CN(C)C(=O)CN(c2cccc(C)c2C)S(C)(=O)=O)cc1OC. The van der Waals surface area contributed by atoms with Crippen molar-refractivity contribution >= 4 is 21.6 Å². The molecule has 0 heterocycles. The molecule has 0 N–H and O–H groups in total. The maximum absolute atomic E-state index is 12.8. The third-order valence-corrected chi connectivity index (χ3v) is 5.94. The van der Waals surface area contributed by atoms with Crippen molar-refractivity contribution in [3.63, 3.8) is 0 Å². The summed E-state index contributed by atoms with van der Waals surface area (Å²) in [4.78, 5) is 14.3. The molecule has 0 atom stereocenters. The number of ether oxygens (including phenoxy) is 2. The van der Waals surface area contributed by atoms with E-state index < -0.39 is 10.0 Å². The number of hydrogen-bond acceptors (Lipinski definition) is 5. The summed E-state index contributed by atoms with van der Waals surface area (Å²) >= 11 is 0. The highest BCUT2D eigenvalue weighted by molar-refractivity contribution is 7.92. The molecule has 0 aromatic heterocycles. The zero-order chi connectivity index (χ0) is 21.8. The Morgan fingerprint density at radius 1 is 1.03 bits per heavy atom. The van der Waals surface area contributed by atoms with Gasteiger partial charge < -0.3 is 14.4 Å². The number of carbonyl (C=O) groups is 1. The minimum atomic E-state index is -3.63. The topological polar surface area (TPSA) is 76.2 Å². The smallest absolute Gasteiger partial charge is 0.243 e. The highest BCUT2D eigenvalue weighted by Gasteiger charge is 2.24. The molecule has 2 aromatic rings. The van der Waals surface area contributed by atoms with E-state index in [1.807, 2.05) is 26.0 Å². The summed E-state index contributed by atoms with van der Waals surface area (Å²) in [5.74, 6) is 0.855. The van der Waals surface area contributed by atoms with Gasteiger partial charge in [0.15, 0.2) is 11.5 Å². The Kier molecular flexibility index (Phi) is 7.13. The van der Waals surface area contributed by atoms with Crippen molar-refractivity contribution in [2.24, 2.45) is 0 Å². The lowest BCUT2D eigenvalue weighted by molar-refractivity contribution is -0.128. The molecule has 29 heavy (non-hydrogen) atoms. The lowest BCUT2D eigenvalue weighted by atomic mass is 10.1. The fraction of sp³-hybridized carbons (Fsp3) is 0.381. The first-order valence-electron chi connectivity index (χ1n) is 9.07. The molecule has 0 bridgehead atoms. The molecule has 0 unspecified atom stereocenters. The number of anilines is 1. The molecule has 1 amide bonds. The number of rotatable bonds is 8. The third-order valence-electron chi connectivity index (χ3n) is 4.82. The van der Waals surface area contributed by atoms with Gasteiger partial charge in [0, 0.05) is 13.6 Å². The van der Waals surface area contributed by atoms with Crippen LogP contribution in [0.3, 0.4) is 0 Å². The molecule has 0 aliphatic rings. The number of aryl methyl sites for hydroxylation is 1. The quantitative estimate of drug-likeness (QED) is 0.656. The van der Waals surface area contributed by atoms with Crippen LogP contribution in [0.2, 0.25) is 0 Å². The molecule has 0 saturated carbocycles. The molecular weight excluding hydrogens is 392 g/mol. The highest BCUT2D eigenvalue weighted by atomic mass is 32.2. The Morgan fingerprint density at radius 3 is 2.28 bits per heavy atom. The summed E-state index contributed by atoms with van der Waals surface area (Å²) in [5, 5.41) is 0. The number of likely N-dealkylation sites (N-methyl/N-ethyl adjacent to an activating group) is 1. The molecule has 2 rings (SSSR count). The average Bonchev–Trinajstić information content (AvgIpc) is 2.67. The van der Waals surface area contributed by atoms with Crippen molar-refractivity contribution in [3.05, 3.63) is 53.1 Å². The predicted octanol–water partition coefficient (Wildman–Crippen LogP) is 2.75. The van der Waals surface area contributed by atoms with Crippen LogP contribution in [0.15, 0.2) is 36.4 Å². The number of benzene rings is 2. The first-order valence-corrected chi connectivity index (χ1v) is 10.9. The number of amides is 1. The number of nitrogens with zero attached hydrogens (tertiary/aromatic N) is 2. The minimum absolute atomic E-state index is 0.271. The summed E-state index contributed by atoms with van der Waals surface area (Å²) < 4.78 is 36.5. The average molecular weight is 421 g/mol. The van der Waals surface area contributed by atoms with E-state index in [2.05, 4.69) is 0 Å². The maximum atomic E-state index is 12.8. The first-order chi connectivity index (χ1) is 13.6. The van der Waals surface area contributed by atoms with Crippen LogP contribution in [0, 0.1) is 13.8 Å². The van der Waals surface area contributed by atoms with Crippen LogP contribution in [-0.4, -0.2) is 53.3 Å². The second-order valence-electron chi connectivity index (χ2n) is 6.93. The van der Waals surface area contributed by atoms with Gasteiger partial charge in [-0.1, -0.05) is 18.2 Å². The Morgan fingerprint density at radius 2 is 1.69 bits per heavy atom. The molecule has 158 valence electrons. The van der Waals surface area contributed by atoms with E-state index in [1.165, 1.54) is 4.90 Å². The normalized spacial score (nSPS) is 11.1. The summed E-state index contributed by atoms with van der Waals surface area (Å²) in [6.07, 6.45) is 1.11. The molecule has 7 nitrogen and oxygen atoms in total. The van der Waals surface area contributed by atoms with Crippen LogP contribution in [0.4, 0.5) is 5.69 Å². The van der Waals surface area contributed by atoms with Gasteiger partial charge in [0.25, 0.3) is 0 Å². The van der Waals surface area contributed by atoms with Gasteiger partial charge in [-0.25, -0.2) is 8.42 Å². The zero-order valence-electron chi connectivity index (χ0n) is 17.7. The molecule has 0 radical (unpaired) electrons. The molecule has 0 aliphatic heterocycles. The van der Waals surface area contributed by atoms with Crippen LogP contribution in [-0.2, 0) is 21.4 Å². The van der Waals surface area contributed by atoms with Gasteiger partial charge in [0.2, 0.25) is 15.9 Å². The Labute approximate surface area is 172 Å². The van der Waals surface area contributed by atoms with E-state index in [0.717, 1.165) is 27.3 Å². The van der Waals surface area contributed by atoms with Gasteiger partial charge in [-0.05, 0) is 48.7 Å². The largest absolute Gasteiger partial charge is 0.493 e. The van der Waals surface area contributed by atoms with Crippen LogP contribution < -0.4 is 13.8 Å². The minimum Gasteiger partial charge on any atom is -0.493 e. The molecule has 8 heteroatoms. The molecule has 0 saturated heterocycles. The molecule has 0 spiro atoms. The van der Waals surface area contributed by atoms with E-state index in [9.17, 15) is 13.2 Å². The van der Waals surface area contributed by atoms with Gasteiger partial charge in [0.1, 0.15) is 6.54 Å². The molecule has 0 aliphatic carbocycles. The van der Waals surface area contributed by atoms with Gasteiger partial charge in [-0.2, -0.15) is 0 Å². The Balaban J connectivity index is 2.22. The fourth-order valence-electron chi connectivity index (χ4n) is 2.97. The van der Waals surface area contributed by atoms with E-state index in [-0.39, 0.29) is 12.5 Å². The van der Waals surface area contributed by atoms with Crippen LogP contribution in [0.1, 0.15) is 16.7 Å². The van der Waals surface area contributed by atoms with Crippen LogP contribution in [0.5, 0.6) is 11.5 Å². The maximum Gasteiger partial charge on any atom is 0.243 e. The third kappa shape index (κ3) is 5.41. The van der Waals surface area contributed by atoms with Crippen molar-refractivity contribution in [1.82, 2.24) is 4.90 Å². The van der Waals surface area contributed by atoms with E-state index in [4.69, 9.17) is 9.47 Å². The number of carbonyl (C=O) groups excluding carboxylic acids is 1. The van der Waals surface area contributed by atoms with E-state index in [0.29, 0.717) is 23.7 Å². The number of sulfonamides is 1. The summed E-state index contributed by atoms with van der Waals surface area (Å²) in [6.45, 7) is 3.79. The van der Waals surface area contributed by atoms with E-state index in [1.54, 1.807) is 45.5 Å². The summed E-state index contributed by atoms with van der Waals surface area (Å²) in [6, 6.07) is 10.8. The number of hydrogen-bond donors (Lipinski definition) is 0.